The van der Waals surface area contributed by atoms with Crippen molar-refractivity contribution in [3.63, 3.8) is 0 Å². The summed E-state index contributed by atoms with van der Waals surface area (Å²) in [6.07, 6.45) is 4.63. The molecule has 0 aromatic carbocycles. The number of hydrogen-bond acceptors (Lipinski definition) is 2. The quantitative estimate of drug-likeness (QED) is 0.808. The van der Waals surface area contributed by atoms with Crippen molar-refractivity contribution in [3.8, 4) is 0 Å². The summed E-state index contributed by atoms with van der Waals surface area (Å²) in [5.74, 6) is 0.688. The topological polar surface area (TPSA) is 46.2 Å². The van der Waals surface area contributed by atoms with Gasteiger partial charge in [0.25, 0.3) is 0 Å². The molecule has 0 radical (unpaired) electrons. The highest BCUT2D eigenvalue weighted by molar-refractivity contribution is 9.09. The molecule has 2 unspecified atom stereocenters. The SMILES string of the molecule is CC(C)(C)CS(=O)(=O)NCC1CCCC(Br)C1. The Morgan fingerprint density at radius 2 is 1.94 bits per heavy atom. The molecule has 0 bridgehead atoms. The molecule has 1 saturated carbocycles. The van der Waals surface area contributed by atoms with Crippen LogP contribution in [0.25, 0.3) is 0 Å². The molecule has 1 fully saturated rings. The van der Waals surface area contributed by atoms with Gasteiger partial charge in [0.1, 0.15) is 0 Å². The van der Waals surface area contributed by atoms with Gasteiger partial charge in [-0.1, -0.05) is 43.1 Å². The van der Waals surface area contributed by atoms with E-state index in [4.69, 9.17) is 0 Å². The third kappa shape index (κ3) is 6.77. The van der Waals surface area contributed by atoms with Crippen molar-refractivity contribution in [2.24, 2.45) is 11.3 Å². The highest BCUT2D eigenvalue weighted by Crippen LogP contribution is 2.28. The molecule has 0 aromatic heterocycles. The monoisotopic (exact) mass is 325 g/mol. The fraction of sp³-hybridized carbons (Fsp3) is 1.00. The Morgan fingerprint density at radius 1 is 1.29 bits per heavy atom. The first-order valence-electron chi connectivity index (χ1n) is 6.29. The van der Waals surface area contributed by atoms with Gasteiger partial charge >= 0.3 is 0 Å². The minimum atomic E-state index is -3.12. The second-order valence-electron chi connectivity index (χ2n) is 6.30. The fourth-order valence-corrected chi connectivity index (χ4v) is 4.86. The standard InChI is InChI=1S/C12H24BrNO2S/c1-12(2,3)9-17(15,16)14-8-10-5-4-6-11(13)7-10/h10-11,14H,4-9H2,1-3H3. The minimum Gasteiger partial charge on any atom is -0.215 e. The van der Waals surface area contributed by atoms with Gasteiger partial charge in [-0.25, -0.2) is 13.1 Å². The van der Waals surface area contributed by atoms with Crippen molar-refractivity contribution in [3.05, 3.63) is 0 Å². The maximum Gasteiger partial charge on any atom is 0.212 e. The molecule has 0 heterocycles. The molecule has 1 rings (SSSR count). The van der Waals surface area contributed by atoms with Crippen molar-refractivity contribution in [1.29, 1.82) is 0 Å². The smallest absolute Gasteiger partial charge is 0.212 e. The lowest BCUT2D eigenvalue weighted by Gasteiger charge is -2.26. The van der Waals surface area contributed by atoms with Gasteiger partial charge < -0.3 is 0 Å². The number of nitrogens with one attached hydrogen (secondary N) is 1. The van der Waals surface area contributed by atoms with Crippen LogP contribution in [-0.2, 0) is 10.0 Å². The largest absolute Gasteiger partial charge is 0.215 e. The summed E-state index contributed by atoms with van der Waals surface area (Å²) in [7, 11) is -3.12. The zero-order chi connectivity index (χ0) is 13.1. The molecule has 3 nitrogen and oxygen atoms in total. The van der Waals surface area contributed by atoms with Gasteiger partial charge in [-0.05, 0) is 30.6 Å². The van der Waals surface area contributed by atoms with Crippen LogP contribution in [0.1, 0.15) is 46.5 Å². The summed E-state index contributed by atoms with van der Waals surface area (Å²) in [4.78, 5) is 0.563. The van der Waals surface area contributed by atoms with Crippen LogP contribution in [0.4, 0.5) is 0 Å². The van der Waals surface area contributed by atoms with Gasteiger partial charge in [-0.2, -0.15) is 0 Å². The van der Waals surface area contributed by atoms with E-state index in [1.54, 1.807) is 0 Å². The third-order valence-corrected chi connectivity index (χ3v) is 5.62. The van der Waals surface area contributed by atoms with Crippen LogP contribution in [0, 0.1) is 11.3 Å². The summed E-state index contributed by atoms with van der Waals surface area (Å²) >= 11 is 3.62. The minimum absolute atomic E-state index is 0.184. The average Bonchev–Trinajstić information content (AvgIpc) is 2.11. The van der Waals surface area contributed by atoms with E-state index in [0.29, 0.717) is 17.3 Å². The first kappa shape index (κ1) is 15.4. The van der Waals surface area contributed by atoms with Gasteiger partial charge in [0, 0.05) is 11.4 Å². The van der Waals surface area contributed by atoms with Crippen molar-refractivity contribution in [2.75, 3.05) is 12.3 Å². The number of alkyl halides is 1. The Balaban J connectivity index is 2.39. The summed E-state index contributed by atoms with van der Waals surface area (Å²) in [5, 5.41) is 0. The van der Waals surface area contributed by atoms with Crippen molar-refractivity contribution in [2.45, 2.75) is 51.3 Å². The molecule has 0 amide bonds. The maximum absolute atomic E-state index is 11.8. The normalized spacial score (nSPS) is 27.1. The summed E-state index contributed by atoms with van der Waals surface area (Å²) in [6.45, 7) is 6.44. The second-order valence-corrected chi connectivity index (χ2v) is 9.40. The average molecular weight is 326 g/mol. The molecule has 1 aliphatic rings. The van der Waals surface area contributed by atoms with Crippen LogP contribution in [0.2, 0.25) is 0 Å². The van der Waals surface area contributed by atoms with E-state index < -0.39 is 10.0 Å². The summed E-state index contributed by atoms with van der Waals surface area (Å²) in [5.41, 5.74) is -0.184. The van der Waals surface area contributed by atoms with Crippen LogP contribution in [-0.4, -0.2) is 25.5 Å². The van der Waals surface area contributed by atoms with E-state index in [1.807, 2.05) is 20.8 Å². The lowest BCUT2D eigenvalue weighted by molar-refractivity contribution is 0.366. The van der Waals surface area contributed by atoms with Crippen LogP contribution in [0.15, 0.2) is 0 Å². The van der Waals surface area contributed by atoms with Gasteiger partial charge in [-0.15, -0.1) is 0 Å². The van der Waals surface area contributed by atoms with Crippen LogP contribution < -0.4 is 4.72 Å². The lowest BCUT2D eigenvalue weighted by atomic mass is 9.89. The van der Waals surface area contributed by atoms with Crippen LogP contribution in [0.3, 0.4) is 0 Å². The first-order valence-corrected chi connectivity index (χ1v) is 8.86. The molecule has 0 aliphatic heterocycles. The number of rotatable bonds is 4. The number of sulfonamides is 1. The molecule has 0 spiro atoms. The predicted octanol–water partition coefficient (Wildman–Crippen LogP) is 2.91. The zero-order valence-electron chi connectivity index (χ0n) is 11.0. The lowest BCUT2D eigenvalue weighted by Crippen LogP contribution is -2.36. The van der Waals surface area contributed by atoms with E-state index in [9.17, 15) is 8.42 Å². The molecule has 1 N–H and O–H groups in total. The van der Waals surface area contributed by atoms with E-state index in [-0.39, 0.29) is 11.2 Å². The summed E-state index contributed by atoms with van der Waals surface area (Å²) in [6, 6.07) is 0. The predicted molar refractivity (Wildman–Crippen MR) is 75.9 cm³/mol. The summed E-state index contributed by atoms with van der Waals surface area (Å²) < 4.78 is 26.5. The Bertz CT molecular complexity index is 335. The molecule has 102 valence electrons. The molecular weight excluding hydrogens is 302 g/mol. The van der Waals surface area contributed by atoms with Gasteiger partial charge in [0.05, 0.1) is 5.75 Å². The van der Waals surface area contributed by atoms with E-state index in [1.165, 1.54) is 12.8 Å². The van der Waals surface area contributed by atoms with E-state index >= 15 is 0 Å². The Morgan fingerprint density at radius 3 is 2.47 bits per heavy atom. The molecule has 5 heteroatoms. The number of hydrogen-bond donors (Lipinski definition) is 1. The molecule has 0 aromatic rings. The molecular formula is C12H24BrNO2S. The molecule has 1 aliphatic carbocycles. The van der Waals surface area contributed by atoms with Crippen LogP contribution >= 0.6 is 15.9 Å². The van der Waals surface area contributed by atoms with E-state index in [2.05, 4.69) is 20.7 Å². The van der Waals surface area contributed by atoms with Gasteiger partial charge in [-0.3, -0.25) is 0 Å². The Kier molecular flexibility index (Phi) is 5.47. The van der Waals surface area contributed by atoms with Gasteiger partial charge in [0.15, 0.2) is 0 Å². The Labute approximate surface area is 114 Å². The third-order valence-electron chi connectivity index (χ3n) is 2.93. The molecule has 17 heavy (non-hydrogen) atoms. The zero-order valence-corrected chi connectivity index (χ0v) is 13.4. The van der Waals surface area contributed by atoms with E-state index in [0.717, 1.165) is 12.8 Å². The second kappa shape index (κ2) is 6.02. The van der Waals surface area contributed by atoms with Gasteiger partial charge in [0.2, 0.25) is 10.0 Å². The highest BCUT2D eigenvalue weighted by atomic mass is 79.9. The molecule has 2 atom stereocenters. The van der Waals surface area contributed by atoms with Crippen molar-refractivity contribution < 1.29 is 8.42 Å². The van der Waals surface area contributed by atoms with Crippen molar-refractivity contribution in [1.82, 2.24) is 4.72 Å². The van der Waals surface area contributed by atoms with Crippen molar-refractivity contribution >= 4 is 26.0 Å². The Hall–Kier alpha value is 0.390. The number of halogens is 1. The maximum atomic E-state index is 11.8. The molecule has 0 saturated heterocycles. The first-order chi connectivity index (χ1) is 7.68. The fourth-order valence-electron chi connectivity index (χ4n) is 2.28. The highest BCUT2D eigenvalue weighted by Gasteiger charge is 2.24. The van der Waals surface area contributed by atoms with Crippen LogP contribution in [0.5, 0.6) is 0 Å².